The van der Waals surface area contributed by atoms with Crippen LogP contribution in [0.5, 0.6) is 0 Å². The van der Waals surface area contributed by atoms with E-state index in [-0.39, 0.29) is 6.04 Å². The van der Waals surface area contributed by atoms with E-state index in [0.29, 0.717) is 0 Å². The Kier molecular flexibility index (Phi) is 2.85. The van der Waals surface area contributed by atoms with Crippen LogP contribution >= 0.6 is 0 Å². The van der Waals surface area contributed by atoms with Crippen LogP contribution in [0.2, 0.25) is 0 Å². The number of rotatable bonds is 3. The molecule has 1 unspecified atom stereocenters. The molecule has 0 fully saturated rings. The van der Waals surface area contributed by atoms with E-state index in [1.165, 1.54) is 0 Å². The second-order valence-electron chi connectivity index (χ2n) is 4.32. The zero-order valence-corrected chi connectivity index (χ0v) is 9.50. The molecule has 1 aromatic heterocycles. The minimum atomic E-state index is -0.734. The van der Waals surface area contributed by atoms with Crippen LogP contribution < -0.4 is 5.32 Å². The molecule has 0 aromatic carbocycles. The highest BCUT2D eigenvalue weighted by atomic mass is 16.3. The molecule has 1 heterocycles. The molecular weight excluding hydrogens is 178 g/mol. The van der Waals surface area contributed by atoms with Crippen molar-refractivity contribution in [3.63, 3.8) is 0 Å². The first-order valence-electron chi connectivity index (χ1n) is 4.80. The predicted molar refractivity (Wildman–Crippen MR) is 57.3 cm³/mol. The van der Waals surface area contributed by atoms with Crippen molar-refractivity contribution in [1.29, 1.82) is 0 Å². The third kappa shape index (κ3) is 2.48. The zero-order valence-electron chi connectivity index (χ0n) is 9.50. The predicted octanol–water partition coefficient (Wildman–Crippen LogP) is 1.30. The highest BCUT2D eigenvalue weighted by Crippen LogP contribution is 2.17. The number of anilines is 1. The molecule has 0 aliphatic rings. The summed E-state index contributed by atoms with van der Waals surface area (Å²) in [5.74, 6) is 0. The van der Waals surface area contributed by atoms with Gasteiger partial charge >= 0.3 is 0 Å². The zero-order chi connectivity index (χ0) is 10.9. The van der Waals surface area contributed by atoms with Crippen molar-refractivity contribution >= 4 is 5.69 Å². The first-order valence-corrected chi connectivity index (χ1v) is 4.80. The maximum atomic E-state index is 9.76. The Hall–Kier alpha value is -1.03. The van der Waals surface area contributed by atoms with Gasteiger partial charge in [-0.3, -0.25) is 4.68 Å². The van der Waals surface area contributed by atoms with Gasteiger partial charge in [0.2, 0.25) is 0 Å². The van der Waals surface area contributed by atoms with E-state index < -0.39 is 5.60 Å². The molecule has 1 atom stereocenters. The number of nitrogens with zero attached hydrogens (tertiary/aromatic N) is 2. The molecule has 0 aliphatic carbocycles. The molecule has 0 amide bonds. The Balaban J connectivity index is 2.74. The summed E-state index contributed by atoms with van der Waals surface area (Å²) in [5.41, 5.74) is 1.19. The van der Waals surface area contributed by atoms with Crippen LogP contribution in [-0.4, -0.2) is 26.5 Å². The van der Waals surface area contributed by atoms with Crippen molar-refractivity contribution in [3.8, 4) is 0 Å². The van der Waals surface area contributed by atoms with Crippen molar-refractivity contribution in [2.75, 3.05) is 5.32 Å². The van der Waals surface area contributed by atoms with Crippen molar-refractivity contribution in [3.05, 3.63) is 11.9 Å². The lowest BCUT2D eigenvalue weighted by molar-refractivity contribution is 0.0649. The highest BCUT2D eigenvalue weighted by Gasteiger charge is 2.22. The third-order valence-corrected chi connectivity index (χ3v) is 2.45. The van der Waals surface area contributed by atoms with E-state index >= 15 is 0 Å². The number of aromatic nitrogens is 2. The van der Waals surface area contributed by atoms with Gasteiger partial charge < -0.3 is 10.4 Å². The van der Waals surface area contributed by atoms with Crippen LogP contribution in [0.1, 0.15) is 26.5 Å². The van der Waals surface area contributed by atoms with Crippen LogP contribution in [-0.2, 0) is 7.05 Å². The topological polar surface area (TPSA) is 50.1 Å². The third-order valence-electron chi connectivity index (χ3n) is 2.45. The Morgan fingerprint density at radius 2 is 2.14 bits per heavy atom. The lowest BCUT2D eigenvalue weighted by Gasteiger charge is -2.27. The molecule has 0 saturated heterocycles. The summed E-state index contributed by atoms with van der Waals surface area (Å²) in [5, 5.41) is 17.2. The number of aliphatic hydroxyl groups is 1. The SMILES string of the molecule is Cc1nn(C)cc1NC(C)C(C)(C)O. The summed E-state index contributed by atoms with van der Waals surface area (Å²) in [4.78, 5) is 0. The second kappa shape index (κ2) is 3.61. The molecule has 4 nitrogen and oxygen atoms in total. The van der Waals surface area contributed by atoms with Gasteiger partial charge in [0.25, 0.3) is 0 Å². The van der Waals surface area contributed by atoms with Crippen molar-refractivity contribution in [2.45, 2.75) is 39.3 Å². The molecule has 0 saturated carbocycles. The largest absolute Gasteiger partial charge is 0.388 e. The molecule has 0 radical (unpaired) electrons. The fraction of sp³-hybridized carbons (Fsp3) is 0.700. The quantitative estimate of drug-likeness (QED) is 0.768. The van der Waals surface area contributed by atoms with E-state index in [9.17, 15) is 5.11 Å². The maximum Gasteiger partial charge on any atom is 0.0825 e. The molecule has 4 heteroatoms. The summed E-state index contributed by atoms with van der Waals surface area (Å²) in [7, 11) is 1.88. The Bertz CT molecular complexity index is 312. The Labute approximate surface area is 84.9 Å². The Morgan fingerprint density at radius 1 is 1.57 bits per heavy atom. The van der Waals surface area contributed by atoms with Gasteiger partial charge in [-0.1, -0.05) is 0 Å². The van der Waals surface area contributed by atoms with Gasteiger partial charge in [-0.05, 0) is 27.7 Å². The fourth-order valence-electron chi connectivity index (χ4n) is 1.15. The first kappa shape index (κ1) is 11.0. The number of hydrogen-bond donors (Lipinski definition) is 2. The number of nitrogens with one attached hydrogen (secondary N) is 1. The highest BCUT2D eigenvalue weighted by molar-refractivity contribution is 5.46. The van der Waals surface area contributed by atoms with E-state index in [1.807, 2.05) is 27.1 Å². The summed E-state index contributed by atoms with van der Waals surface area (Å²) in [6.07, 6.45) is 1.91. The van der Waals surface area contributed by atoms with Crippen LogP contribution in [0.15, 0.2) is 6.20 Å². The van der Waals surface area contributed by atoms with Gasteiger partial charge in [-0.15, -0.1) is 0 Å². The van der Waals surface area contributed by atoms with E-state index in [1.54, 1.807) is 18.5 Å². The second-order valence-corrected chi connectivity index (χ2v) is 4.32. The average Bonchev–Trinajstić information content (AvgIpc) is 2.28. The van der Waals surface area contributed by atoms with Gasteiger partial charge in [0.1, 0.15) is 0 Å². The molecule has 0 aliphatic heterocycles. The fourth-order valence-corrected chi connectivity index (χ4v) is 1.15. The molecular formula is C10H19N3O. The molecule has 80 valence electrons. The Morgan fingerprint density at radius 3 is 2.50 bits per heavy atom. The normalized spacial score (nSPS) is 14.1. The smallest absolute Gasteiger partial charge is 0.0825 e. The lowest BCUT2D eigenvalue weighted by Crippen LogP contribution is -2.39. The van der Waals surface area contributed by atoms with Gasteiger partial charge in [0.05, 0.1) is 23.0 Å². The average molecular weight is 197 g/mol. The summed E-state index contributed by atoms with van der Waals surface area (Å²) >= 11 is 0. The van der Waals surface area contributed by atoms with Gasteiger partial charge in [-0.2, -0.15) is 5.10 Å². The molecule has 0 bridgehead atoms. The van der Waals surface area contributed by atoms with Crippen LogP contribution in [0, 0.1) is 6.92 Å². The van der Waals surface area contributed by atoms with Crippen molar-refractivity contribution in [1.82, 2.24) is 9.78 Å². The van der Waals surface area contributed by atoms with E-state index in [4.69, 9.17) is 0 Å². The van der Waals surface area contributed by atoms with Crippen LogP contribution in [0.4, 0.5) is 5.69 Å². The van der Waals surface area contributed by atoms with Gasteiger partial charge in [-0.25, -0.2) is 0 Å². The molecule has 0 spiro atoms. The molecule has 2 N–H and O–H groups in total. The minimum absolute atomic E-state index is 0.00889. The van der Waals surface area contributed by atoms with Crippen molar-refractivity contribution < 1.29 is 5.11 Å². The standard InChI is InChI=1S/C10H19N3O/c1-7-9(6-13(5)12-7)11-8(2)10(3,4)14/h6,8,11,14H,1-5H3. The summed E-state index contributed by atoms with van der Waals surface area (Å²) in [6, 6.07) is -0.00889. The number of aryl methyl sites for hydroxylation is 2. The van der Waals surface area contributed by atoms with E-state index in [2.05, 4.69) is 10.4 Å². The molecule has 14 heavy (non-hydrogen) atoms. The monoisotopic (exact) mass is 197 g/mol. The number of hydrogen-bond acceptors (Lipinski definition) is 3. The van der Waals surface area contributed by atoms with Crippen LogP contribution in [0.25, 0.3) is 0 Å². The summed E-state index contributed by atoms with van der Waals surface area (Å²) < 4.78 is 1.76. The van der Waals surface area contributed by atoms with Crippen LogP contribution in [0.3, 0.4) is 0 Å². The maximum absolute atomic E-state index is 9.76. The van der Waals surface area contributed by atoms with Crippen molar-refractivity contribution in [2.24, 2.45) is 7.05 Å². The van der Waals surface area contributed by atoms with Gasteiger partial charge in [0, 0.05) is 13.2 Å². The molecule has 1 aromatic rings. The lowest BCUT2D eigenvalue weighted by atomic mass is 10.0. The molecule has 1 rings (SSSR count). The van der Waals surface area contributed by atoms with Gasteiger partial charge in [0.15, 0.2) is 0 Å². The first-order chi connectivity index (χ1) is 6.30. The minimum Gasteiger partial charge on any atom is -0.388 e. The van der Waals surface area contributed by atoms with E-state index in [0.717, 1.165) is 11.4 Å². The summed E-state index contributed by atoms with van der Waals surface area (Å²) in [6.45, 7) is 7.47.